The summed E-state index contributed by atoms with van der Waals surface area (Å²) in [7, 11) is 0. The van der Waals surface area contributed by atoms with E-state index in [1.165, 1.54) is 0 Å². The van der Waals surface area contributed by atoms with Gasteiger partial charge in [-0.25, -0.2) is 0 Å². The SMILES string of the molecule is O=C(Nc1cccc2cn[nH]c12)c1ccc(Cl)cc1. The first kappa shape index (κ1) is 11.7. The second-order valence-corrected chi connectivity index (χ2v) is 4.54. The Balaban J connectivity index is 1.90. The van der Waals surface area contributed by atoms with Crippen molar-refractivity contribution in [1.29, 1.82) is 0 Å². The van der Waals surface area contributed by atoms with Crippen LogP contribution in [0.3, 0.4) is 0 Å². The Morgan fingerprint density at radius 3 is 2.74 bits per heavy atom. The van der Waals surface area contributed by atoms with Gasteiger partial charge in [-0.15, -0.1) is 0 Å². The number of fused-ring (bicyclic) bond motifs is 1. The van der Waals surface area contributed by atoms with Crippen LogP contribution in [0.2, 0.25) is 5.02 Å². The summed E-state index contributed by atoms with van der Waals surface area (Å²) in [4.78, 5) is 12.1. The molecule has 1 heterocycles. The van der Waals surface area contributed by atoms with E-state index in [0.29, 0.717) is 16.3 Å². The van der Waals surface area contributed by atoms with Crippen LogP contribution in [-0.2, 0) is 0 Å². The second-order valence-electron chi connectivity index (χ2n) is 4.10. The highest BCUT2D eigenvalue weighted by Crippen LogP contribution is 2.21. The van der Waals surface area contributed by atoms with Crippen molar-refractivity contribution in [2.75, 3.05) is 5.32 Å². The van der Waals surface area contributed by atoms with Crippen LogP contribution in [0.25, 0.3) is 10.9 Å². The number of H-pyrrole nitrogens is 1. The Morgan fingerprint density at radius 2 is 1.95 bits per heavy atom. The molecule has 3 aromatic rings. The fourth-order valence-electron chi connectivity index (χ4n) is 1.87. The number of aromatic nitrogens is 2. The number of aromatic amines is 1. The maximum atomic E-state index is 12.1. The lowest BCUT2D eigenvalue weighted by Crippen LogP contribution is -2.11. The fourth-order valence-corrected chi connectivity index (χ4v) is 1.99. The number of nitrogens with zero attached hydrogens (tertiary/aromatic N) is 1. The van der Waals surface area contributed by atoms with E-state index in [1.54, 1.807) is 30.5 Å². The molecule has 0 bridgehead atoms. The Hall–Kier alpha value is -2.33. The van der Waals surface area contributed by atoms with Gasteiger partial charge in [0.05, 0.1) is 17.4 Å². The molecule has 0 aliphatic rings. The molecule has 0 saturated carbocycles. The first-order valence-electron chi connectivity index (χ1n) is 5.73. The minimum atomic E-state index is -0.182. The second kappa shape index (κ2) is 4.74. The van der Waals surface area contributed by atoms with Crippen LogP contribution < -0.4 is 5.32 Å². The normalized spacial score (nSPS) is 10.6. The maximum Gasteiger partial charge on any atom is 0.255 e. The molecular weight excluding hydrogens is 262 g/mol. The molecule has 0 spiro atoms. The van der Waals surface area contributed by atoms with E-state index in [0.717, 1.165) is 10.9 Å². The van der Waals surface area contributed by atoms with E-state index in [2.05, 4.69) is 15.5 Å². The van der Waals surface area contributed by atoms with Gasteiger partial charge in [-0.05, 0) is 30.3 Å². The summed E-state index contributed by atoms with van der Waals surface area (Å²) in [5.74, 6) is -0.182. The number of rotatable bonds is 2. The highest BCUT2D eigenvalue weighted by Gasteiger charge is 2.08. The molecule has 5 heteroatoms. The van der Waals surface area contributed by atoms with Crippen molar-refractivity contribution in [1.82, 2.24) is 10.2 Å². The van der Waals surface area contributed by atoms with E-state index in [1.807, 2.05) is 18.2 Å². The zero-order valence-electron chi connectivity index (χ0n) is 9.85. The molecule has 19 heavy (non-hydrogen) atoms. The number of para-hydroxylation sites is 1. The van der Waals surface area contributed by atoms with Gasteiger partial charge in [0.25, 0.3) is 5.91 Å². The van der Waals surface area contributed by atoms with Gasteiger partial charge in [-0.3, -0.25) is 9.89 Å². The number of carbonyl (C=O) groups is 1. The Bertz CT molecular complexity index is 734. The molecule has 0 aliphatic carbocycles. The van der Waals surface area contributed by atoms with Crippen LogP contribution in [0.1, 0.15) is 10.4 Å². The molecule has 0 atom stereocenters. The lowest BCUT2D eigenvalue weighted by molar-refractivity contribution is 0.102. The van der Waals surface area contributed by atoms with Crippen LogP contribution >= 0.6 is 11.6 Å². The molecule has 3 rings (SSSR count). The van der Waals surface area contributed by atoms with Crippen LogP contribution in [-0.4, -0.2) is 16.1 Å². The third-order valence-electron chi connectivity index (χ3n) is 2.83. The highest BCUT2D eigenvalue weighted by molar-refractivity contribution is 6.30. The smallest absolute Gasteiger partial charge is 0.255 e. The summed E-state index contributed by atoms with van der Waals surface area (Å²) in [6.07, 6.45) is 1.72. The minimum absolute atomic E-state index is 0.182. The van der Waals surface area contributed by atoms with Gasteiger partial charge in [-0.1, -0.05) is 23.7 Å². The minimum Gasteiger partial charge on any atom is -0.320 e. The molecule has 4 nitrogen and oxygen atoms in total. The average molecular weight is 272 g/mol. The standard InChI is InChI=1S/C14H10ClN3O/c15-11-6-4-9(5-7-11)14(19)17-12-3-1-2-10-8-16-18-13(10)12/h1-8H,(H,16,18)(H,17,19). The van der Waals surface area contributed by atoms with E-state index in [-0.39, 0.29) is 5.91 Å². The zero-order chi connectivity index (χ0) is 13.2. The molecule has 1 amide bonds. The van der Waals surface area contributed by atoms with E-state index >= 15 is 0 Å². The third-order valence-corrected chi connectivity index (χ3v) is 3.08. The quantitative estimate of drug-likeness (QED) is 0.750. The van der Waals surface area contributed by atoms with Crippen molar-refractivity contribution in [3.63, 3.8) is 0 Å². The van der Waals surface area contributed by atoms with Gasteiger partial charge < -0.3 is 5.32 Å². The summed E-state index contributed by atoms with van der Waals surface area (Å²) in [5, 5.41) is 11.2. The van der Waals surface area contributed by atoms with Gasteiger partial charge in [-0.2, -0.15) is 5.10 Å². The summed E-state index contributed by atoms with van der Waals surface area (Å²) >= 11 is 5.80. The molecule has 2 N–H and O–H groups in total. The maximum absolute atomic E-state index is 12.1. The lowest BCUT2D eigenvalue weighted by Gasteiger charge is -2.06. The predicted octanol–water partition coefficient (Wildman–Crippen LogP) is 3.47. The summed E-state index contributed by atoms with van der Waals surface area (Å²) < 4.78 is 0. The Kier molecular flexibility index (Phi) is 2.93. The Labute approximate surface area is 114 Å². The molecular formula is C14H10ClN3O. The summed E-state index contributed by atoms with van der Waals surface area (Å²) in [6.45, 7) is 0. The fraction of sp³-hybridized carbons (Fsp3) is 0. The number of carbonyl (C=O) groups excluding carboxylic acids is 1. The Morgan fingerprint density at radius 1 is 1.16 bits per heavy atom. The van der Waals surface area contributed by atoms with Gasteiger partial charge in [0, 0.05) is 16.0 Å². The zero-order valence-corrected chi connectivity index (χ0v) is 10.6. The van der Waals surface area contributed by atoms with Gasteiger partial charge in [0.1, 0.15) is 0 Å². The summed E-state index contributed by atoms with van der Waals surface area (Å²) in [5.41, 5.74) is 2.07. The number of amides is 1. The van der Waals surface area contributed by atoms with Crippen LogP contribution in [0.5, 0.6) is 0 Å². The largest absolute Gasteiger partial charge is 0.320 e. The van der Waals surface area contributed by atoms with E-state index < -0.39 is 0 Å². The monoisotopic (exact) mass is 271 g/mol. The first-order chi connectivity index (χ1) is 9.24. The molecule has 1 aromatic heterocycles. The van der Waals surface area contributed by atoms with Crippen LogP contribution in [0.15, 0.2) is 48.7 Å². The lowest BCUT2D eigenvalue weighted by atomic mass is 10.2. The van der Waals surface area contributed by atoms with Crippen LogP contribution in [0, 0.1) is 0 Å². The number of hydrogen-bond acceptors (Lipinski definition) is 2. The predicted molar refractivity (Wildman–Crippen MR) is 75.5 cm³/mol. The van der Waals surface area contributed by atoms with Gasteiger partial charge in [0.15, 0.2) is 0 Å². The average Bonchev–Trinajstić information content (AvgIpc) is 2.89. The molecule has 2 aromatic carbocycles. The highest BCUT2D eigenvalue weighted by atomic mass is 35.5. The number of anilines is 1. The molecule has 0 fully saturated rings. The molecule has 0 unspecified atom stereocenters. The van der Waals surface area contributed by atoms with E-state index in [9.17, 15) is 4.79 Å². The topological polar surface area (TPSA) is 57.8 Å². The van der Waals surface area contributed by atoms with Crippen molar-refractivity contribution in [2.45, 2.75) is 0 Å². The van der Waals surface area contributed by atoms with Crippen molar-refractivity contribution in [2.24, 2.45) is 0 Å². The van der Waals surface area contributed by atoms with Crippen molar-refractivity contribution in [3.8, 4) is 0 Å². The molecule has 0 saturated heterocycles. The molecule has 94 valence electrons. The van der Waals surface area contributed by atoms with Crippen molar-refractivity contribution < 1.29 is 4.79 Å². The number of hydrogen-bond donors (Lipinski definition) is 2. The van der Waals surface area contributed by atoms with Crippen LogP contribution in [0.4, 0.5) is 5.69 Å². The number of halogens is 1. The van der Waals surface area contributed by atoms with Gasteiger partial charge >= 0.3 is 0 Å². The summed E-state index contributed by atoms with van der Waals surface area (Å²) in [6, 6.07) is 12.4. The van der Waals surface area contributed by atoms with Gasteiger partial charge in [0.2, 0.25) is 0 Å². The number of benzene rings is 2. The molecule has 0 radical (unpaired) electrons. The van der Waals surface area contributed by atoms with Crippen molar-refractivity contribution in [3.05, 3.63) is 59.2 Å². The first-order valence-corrected chi connectivity index (χ1v) is 6.11. The van der Waals surface area contributed by atoms with E-state index in [4.69, 9.17) is 11.6 Å². The third kappa shape index (κ3) is 2.30. The number of nitrogens with one attached hydrogen (secondary N) is 2. The molecule has 0 aliphatic heterocycles. The van der Waals surface area contributed by atoms with Crippen molar-refractivity contribution >= 4 is 34.1 Å².